The molecule has 1 rings (SSSR count). The predicted octanol–water partition coefficient (Wildman–Crippen LogP) is 1.84. The summed E-state index contributed by atoms with van der Waals surface area (Å²) in [6.07, 6.45) is 0.170. The second kappa shape index (κ2) is 16.4. The third-order valence-corrected chi connectivity index (χ3v) is 7.24. The minimum Gasteiger partial charge on any atom is -0.502 e. The SMILES string of the molecule is CC(C)C[C@H](NC(=O)Cc1ccc(O)c([N+](=O)[O-])c1)C(=O)N[C@@H](CC(C)C)C(=O)N[C@@H](CC(C)C)[C@H](O)CS(C)(=O)=O. The van der Waals surface area contributed by atoms with E-state index in [1.165, 1.54) is 6.07 Å². The standard InChI is InChI=1S/C28H46N4O9S/c1-16(2)10-20(25(34)15-42(7,40)41)30-28(37)22(12-18(5)6)31-27(36)21(11-17(3)4)29-26(35)14-19-8-9-24(33)23(13-19)32(38)39/h8-9,13,16-18,20-22,25,33-34H,10-12,14-15H2,1-7H3,(H,29,35)(H,30,37)(H,31,36)/t20-,21-,22-,25+/m0/s1. The molecule has 0 aliphatic carbocycles. The third kappa shape index (κ3) is 13.6. The van der Waals surface area contributed by atoms with Crippen molar-refractivity contribution in [2.45, 2.75) is 91.5 Å². The average molecular weight is 615 g/mol. The van der Waals surface area contributed by atoms with Crippen molar-refractivity contribution in [2.24, 2.45) is 17.8 Å². The molecule has 0 fully saturated rings. The van der Waals surface area contributed by atoms with E-state index in [2.05, 4.69) is 16.0 Å². The van der Waals surface area contributed by atoms with Crippen molar-refractivity contribution in [2.75, 3.05) is 12.0 Å². The Morgan fingerprint density at radius 2 is 1.38 bits per heavy atom. The highest BCUT2D eigenvalue weighted by Gasteiger charge is 2.32. The van der Waals surface area contributed by atoms with Crippen LogP contribution in [-0.2, 0) is 30.6 Å². The van der Waals surface area contributed by atoms with Crippen LogP contribution in [0.2, 0.25) is 0 Å². The normalized spacial score (nSPS) is 14.7. The number of nitro groups is 1. The molecule has 42 heavy (non-hydrogen) atoms. The number of sulfone groups is 1. The van der Waals surface area contributed by atoms with Crippen molar-refractivity contribution in [1.29, 1.82) is 0 Å². The number of hydrogen-bond donors (Lipinski definition) is 5. The molecule has 1 aromatic carbocycles. The lowest BCUT2D eigenvalue weighted by Gasteiger charge is -2.29. The van der Waals surface area contributed by atoms with Gasteiger partial charge in [0.1, 0.15) is 21.9 Å². The van der Waals surface area contributed by atoms with Gasteiger partial charge in [-0.3, -0.25) is 24.5 Å². The Labute approximate surface area is 247 Å². The average Bonchev–Trinajstić information content (AvgIpc) is 2.81. The highest BCUT2D eigenvalue weighted by molar-refractivity contribution is 7.90. The highest BCUT2D eigenvalue weighted by atomic mass is 32.2. The first-order valence-corrected chi connectivity index (χ1v) is 16.1. The number of aliphatic hydroxyl groups is 1. The summed E-state index contributed by atoms with van der Waals surface area (Å²) in [5.74, 6) is -2.84. The van der Waals surface area contributed by atoms with E-state index in [0.717, 1.165) is 18.4 Å². The van der Waals surface area contributed by atoms with Gasteiger partial charge in [0.15, 0.2) is 5.75 Å². The largest absolute Gasteiger partial charge is 0.502 e. The van der Waals surface area contributed by atoms with E-state index < -0.39 is 73.9 Å². The summed E-state index contributed by atoms with van der Waals surface area (Å²) in [6, 6.07) is 0.667. The van der Waals surface area contributed by atoms with Gasteiger partial charge in [-0.2, -0.15) is 0 Å². The summed E-state index contributed by atoms with van der Waals surface area (Å²) >= 11 is 0. The number of phenols is 1. The predicted molar refractivity (Wildman–Crippen MR) is 158 cm³/mol. The monoisotopic (exact) mass is 614 g/mol. The van der Waals surface area contributed by atoms with E-state index in [-0.39, 0.29) is 42.6 Å². The zero-order chi connectivity index (χ0) is 32.4. The van der Waals surface area contributed by atoms with Crippen molar-refractivity contribution >= 4 is 33.2 Å². The number of aromatic hydroxyl groups is 1. The van der Waals surface area contributed by atoms with Gasteiger partial charge in [-0.15, -0.1) is 0 Å². The van der Waals surface area contributed by atoms with E-state index in [9.17, 15) is 43.1 Å². The molecule has 0 heterocycles. The Kier molecular flexibility index (Phi) is 14.4. The molecule has 14 heteroatoms. The molecule has 0 aromatic heterocycles. The van der Waals surface area contributed by atoms with E-state index in [1.54, 1.807) is 0 Å². The van der Waals surface area contributed by atoms with Crippen molar-refractivity contribution in [3.05, 3.63) is 33.9 Å². The van der Waals surface area contributed by atoms with Crippen molar-refractivity contribution in [3.8, 4) is 5.75 Å². The molecule has 0 unspecified atom stereocenters. The van der Waals surface area contributed by atoms with Crippen LogP contribution < -0.4 is 16.0 Å². The molecule has 4 atom stereocenters. The Morgan fingerprint density at radius 3 is 1.86 bits per heavy atom. The van der Waals surface area contributed by atoms with E-state index in [0.29, 0.717) is 6.42 Å². The maximum atomic E-state index is 13.4. The van der Waals surface area contributed by atoms with Gasteiger partial charge in [-0.05, 0) is 48.6 Å². The van der Waals surface area contributed by atoms with Crippen LogP contribution in [0, 0.1) is 27.9 Å². The highest BCUT2D eigenvalue weighted by Crippen LogP contribution is 2.26. The first-order chi connectivity index (χ1) is 19.3. The molecule has 0 saturated heterocycles. The molecule has 5 N–H and O–H groups in total. The van der Waals surface area contributed by atoms with Gasteiger partial charge >= 0.3 is 5.69 Å². The lowest BCUT2D eigenvalue weighted by molar-refractivity contribution is -0.385. The molecule has 1 aromatic rings. The second-order valence-corrected chi connectivity index (χ2v) is 14.3. The van der Waals surface area contributed by atoms with Gasteiger partial charge < -0.3 is 26.2 Å². The minimum atomic E-state index is -3.52. The Hall–Kier alpha value is -3.26. The molecule has 13 nitrogen and oxygen atoms in total. The number of aliphatic hydroxyl groups excluding tert-OH is 1. The maximum absolute atomic E-state index is 13.4. The lowest BCUT2D eigenvalue weighted by atomic mass is 9.97. The van der Waals surface area contributed by atoms with Crippen molar-refractivity contribution in [1.82, 2.24) is 16.0 Å². The summed E-state index contributed by atoms with van der Waals surface area (Å²) in [6.45, 7) is 11.2. The second-order valence-electron chi connectivity index (χ2n) is 12.1. The molecule has 0 aliphatic rings. The number of carbonyl (C=O) groups is 3. The molecule has 0 spiro atoms. The lowest BCUT2D eigenvalue weighted by Crippen LogP contribution is -2.57. The van der Waals surface area contributed by atoms with Crippen LogP contribution in [0.15, 0.2) is 18.2 Å². The van der Waals surface area contributed by atoms with Gasteiger partial charge in [0.25, 0.3) is 0 Å². The molecular weight excluding hydrogens is 568 g/mol. The fourth-order valence-electron chi connectivity index (χ4n) is 4.46. The topological polar surface area (TPSA) is 205 Å². The quantitative estimate of drug-likeness (QED) is 0.128. The van der Waals surface area contributed by atoms with Crippen LogP contribution in [0.4, 0.5) is 5.69 Å². The van der Waals surface area contributed by atoms with Crippen LogP contribution in [0.5, 0.6) is 5.75 Å². The summed E-state index contributed by atoms with van der Waals surface area (Å²) in [4.78, 5) is 49.9. The van der Waals surface area contributed by atoms with Crippen LogP contribution in [0.3, 0.4) is 0 Å². The summed E-state index contributed by atoms with van der Waals surface area (Å²) in [7, 11) is -3.52. The number of hydrogen-bond acceptors (Lipinski definition) is 9. The molecule has 238 valence electrons. The summed E-state index contributed by atoms with van der Waals surface area (Å²) in [5.41, 5.74) is -0.279. The number of nitrogens with one attached hydrogen (secondary N) is 3. The van der Waals surface area contributed by atoms with Crippen LogP contribution >= 0.6 is 0 Å². The number of benzene rings is 1. The molecule has 0 saturated carbocycles. The van der Waals surface area contributed by atoms with Gasteiger partial charge in [0.05, 0.1) is 29.2 Å². The summed E-state index contributed by atoms with van der Waals surface area (Å²) in [5, 5.41) is 39.4. The molecule has 0 aliphatic heterocycles. The zero-order valence-electron chi connectivity index (χ0n) is 25.4. The van der Waals surface area contributed by atoms with Gasteiger partial charge in [-0.1, -0.05) is 47.6 Å². The van der Waals surface area contributed by atoms with Gasteiger partial charge in [-0.25, -0.2) is 8.42 Å². The van der Waals surface area contributed by atoms with Crippen LogP contribution in [-0.4, -0.2) is 77.5 Å². The Morgan fingerprint density at radius 1 is 0.881 bits per heavy atom. The fourth-order valence-corrected chi connectivity index (χ4v) is 5.32. The van der Waals surface area contributed by atoms with Crippen LogP contribution in [0.1, 0.15) is 66.4 Å². The number of phenolic OH excluding ortho intramolecular Hbond substituents is 1. The van der Waals surface area contributed by atoms with Gasteiger partial charge in [0, 0.05) is 12.3 Å². The number of carbonyl (C=O) groups excluding carboxylic acids is 3. The number of nitro benzene ring substituents is 1. The zero-order valence-corrected chi connectivity index (χ0v) is 26.2. The third-order valence-electron chi connectivity index (χ3n) is 6.29. The maximum Gasteiger partial charge on any atom is 0.310 e. The van der Waals surface area contributed by atoms with E-state index >= 15 is 0 Å². The van der Waals surface area contributed by atoms with Crippen molar-refractivity contribution < 1.29 is 37.9 Å². The first kappa shape index (κ1) is 36.8. The van der Waals surface area contributed by atoms with Crippen molar-refractivity contribution in [3.63, 3.8) is 0 Å². The smallest absolute Gasteiger partial charge is 0.310 e. The molecule has 0 bridgehead atoms. The first-order valence-electron chi connectivity index (χ1n) is 14.0. The molecule has 0 radical (unpaired) electrons. The fraction of sp³-hybridized carbons (Fsp3) is 0.679. The van der Waals surface area contributed by atoms with E-state index in [4.69, 9.17) is 0 Å². The Balaban J connectivity index is 3.11. The number of nitrogens with zero attached hydrogens (tertiary/aromatic N) is 1. The minimum absolute atomic E-state index is 0.0188. The van der Waals surface area contributed by atoms with Gasteiger partial charge in [0.2, 0.25) is 17.7 Å². The molecule has 3 amide bonds. The summed E-state index contributed by atoms with van der Waals surface area (Å²) < 4.78 is 23.5. The van der Waals surface area contributed by atoms with E-state index in [1.807, 2.05) is 41.5 Å². The molecular formula is C28H46N4O9S. The Bertz CT molecular complexity index is 1200. The van der Waals surface area contributed by atoms with Crippen LogP contribution in [0.25, 0.3) is 0 Å². The number of rotatable bonds is 17. The number of amides is 3.